The van der Waals surface area contributed by atoms with Crippen molar-refractivity contribution in [1.82, 2.24) is 10.2 Å². The molecule has 48 heavy (non-hydrogen) atoms. The van der Waals surface area contributed by atoms with Crippen molar-refractivity contribution >= 4 is 5.91 Å². The van der Waals surface area contributed by atoms with Crippen LogP contribution in [0.4, 0.5) is 0 Å². The monoisotopic (exact) mass is 674 g/mol. The van der Waals surface area contributed by atoms with E-state index in [2.05, 4.69) is 39.9 Å². The quantitative estimate of drug-likeness (QED) is 0.325. The van der Waals surface area contributed by atoms with Crippen LogP contribution in [-0.4, -0.2) is 101 Å². The zero-order chi connectivity index (χ0) is 34.4. The maximum absolute atomic E-state index is 13.0. The van der Waals surface area contributed by atoms with Crippen LogP contribution in [0.5, 0.6) is 0 Å². The zero-order valence-corrected chi connectivity index (χ0v) is 30.9. The summed E-state index contributed by atoms with van der Waals surface area (Å²) in [6.45, 7) is 18.8. The summed E-state index contributed by atoms with van der Waals surface area (Å²) >= 11 is 0. The molecule has 0 aromatic carbocycles. The van der Waals surface area contributed by atoms with E-state index in [1.807, 2.05) is 4.90 Å². The SMILES string of the molecule is CC1CC(C(O)C(C)(C)O)OC2C1C1(C)CCCC34CCC(OC5CN(C(=O)CC6CNC6)CCO5)C(C)(C)C3CCC(C4)C1(C)C2O. The van der Waals surface area contributed by atoms with Crippen LogP contribution in [0.25, 0.3) is 0 Å². The van der Waals surface area contributed by atoms with Crippen molar-refractivity contribution in [3.63, 3.8) is 0 Å². The van der Waals surface area contributed by atoms with Crippen LogP contribution in [0.2, 0.25) is 0 Å². The van der Waals surface area contributed by atoms with Crippen molar-refractivity contribution in [2.45, 2.75) is 155 Å². The summed E-state index contributed by atoms with van der Waals surface area (Å²) in [7, 11) is 0. The summed E-state index contributed by atoms with van der Waals surface area (Å²) in [4.78, 5) is 15.0. The Morgan fingerprint density at radius 2 is 1.85 bits per heavy atom. The normalized spacial score (nSPS) is 48.3. The first-order valence-electron chi connectivity index (χ1n) is 19.5. The lowest BCUT2D eigenvalue weighted by molar-refractivity contribution is -0.253. The number of carbonyl (C=O) groups excluding carboxylic acids is 1. The highest BCUT2D eigenvalue weighted by molar-refractivity contribution is 5.76. The summed E-state index contributed by atoms with van der Waals surface area (Å²) < 4.78 is 19.7. The summed E-state index contributed by atoms with van der Waals surface area (Å²) in [5.41, 5.74) is -1.41. The van der Waals surface area contributed by atoms with Crippen molar-refractivity contribution in [3.05, 3.63) is 0 Å². The van der Waals surface area contributed by atoms with Crippen LogP contribution in [0.3, 0.4) is 0 Å². The topological polar surface area (TPSA) is 121 Å². The molecule has 9 nitrogen and oxygen atoms in total. The number of morpholine rings is 1. The number of amides is 1. The molecule has 13 unspecified atom stereocenters. The average molecular weight is 675 g/mol. The Bertz CT molecular complexity index is 1200. The number of fused-ring (bicyclic) bond motifs is 5. The Morgan fingerprint density at radius 3 is 2.54 bits per heavy atom. The molecule has 4 saturated carbocycles. The minimum absolute atomic E-state index is 0.0275. The number of nitrogens with one attached hydrogen (secondary N) is 1. The van der Waals surface area contributed by atoms with Gasteiger partial charge in [0.25, 0.3) is 0 Å². The van der Waals surface area contributed by atoms with Gasteiger partial charge in [-0.3, -0.25) is 4.79 Å². The number of aliphatic hydroxyl groups excluding tert-OH is 2. The molecule has 3 saturated heterocycles. The van der Waals surface area contributed by atoms with Crippen molar-refractivity contribution in [3.8, 4) is 0 Å². The number of nitrogens with zero attached hydrogens (tertiary/aromatic N) is 1. The van der Waals surface area contributed by atoms with Gasteiger partial charge >= 0.3 is 0 Å². The van der Waals surface area contributed by atoms with E-state index < -0.39 is 23.9 Å². The number of aliphatic hydroxyl groups is 3. The lowest BCUT2D eigenvalue weighted by Gasteiger charge is -2.64. The maximum Gasteiger partial charge on any atom is 0.223 e. The van der Waals surface area contributed by atoms with Gasteiger partial charge in [-0.05, 0) is 124 Å². The summed E-state index contributed by atoms with van der Waals surface area (Å²) in [5.74, 6) is 2.12. The molecule has 0 aromatic rings. The maximum atomic E-state index is 13.0. The molecule has 2 bridgehead atoms. The molecule has 7 fully saturated rings. The molecule has 4 N–H and O–H groups in total. The second kappa shape index (κ2) is 12.4. The molecule has 3 aliphatic heterocycles. The minimum atomic E-state index is -1.26. The summed E-state index contributed by atoms with van der Waals surface area (Å²) in [5, 5.41) is 37.4. The van der Waals surface area contributed by atoms with E-state index in [0.29, 0.717) is 50.3 Å². The number of hydrogen-bond acceptors (Lipinski definition) is 8. The highest BCUT2D eigenvalue weighted by atomic mass is 16.7. The molecule has 13 atom stereocenters. The first-order valence-corrected chi connectivity index (χ1v) is 19.5. The largest absolute Gasteiger partial charge is 0.390 e. The fourth-order valence-electron chi connectivity index (χ4n) is 13.1. The lowest BCUT2D eigenvalue weighted by atomic mass is 9.41. The van der Waals surface area contributed by atoms with Crippen LogP contribution in [0.15, 0.2) is 0 Å². The molecule has 7 aliphatic rings. The highest BCUT2D eigenvalue weighted by Gasteiger charge is 2.72. The molecule has 9 heteroatoms. The fraction of sp³-hybridized carbons (Fsp3) is 0.974. The Kier molecular flexibility index (Phi) is 9.20. The third kappa shape index (κ3) is 5.54. The Balaban J connectivity index is 1.07. The molecule has 4 aliphatic carbocycles. The first kappa shape index (κ1) is 35.6. The van der Waals surface area contributed by atoms with Crippen LogP contribution in [0, 0.1) is 51.2 Å². The number of rotatable bonds is 6. The average Bonchev–Trinajstić information content (AvgIpc) is 3.18. The van der Waals surface area contributed by atoms with Gasteiger partial charge < -0.3 is 39.7 Å². The summed E-state index contributed by atoms with van der Waals surface area (Å²) in [6.07, 6.45) is 7.56. The van der Waals surface area contributed by atoms with Gasteiger partial charge in [0.2, 0.25) is 5.91 Å². The van der Waals surface area contributed by atoms with Crippen molar-refractivity contribution in [1.29, 1.82) is 0 Å². The Labute approximate surface area is 289 Å². The van der Waals surface area contributed by atoms with Gasteiger partial charge in [-0.15, -0.1) is 0 Å². The second-order valence-electron chi connectivity index (χ2n) is 19.2. The van der Waals surface area contributed by atoms with Crippen molar-refractivity contribution in [2.24, 2.45) is 51.2 Å². The molecule has 274 valence electrons. The van der Waals surface area contributed by atoms with E-state index in [1.54, 1.807) is 13.8 Å². The highest BCUT2D eigenvalue weighted by Crippen LogP contribution is 2.73. The second-order valence-corrected chi connectivity index (χ2v) is 19.2. The molecule has 7 rings (SSSR count). The van der Waals surface area contributed by atoms with Crippen molar-refractivity contribution in [2.75, 3.05) is 32.8 Å². The van der Waals surface area contributed by atoms with Crippen LogP contribution < -0.4 is 5.32 Å². The van der Waals surface area contributed by atoms with Gasteiger partial charge in [0.05, 0.1) is 43.2 Å². The Morgan fingerprint density at radius 1 is 1.10 bits per heavy atom. The number of ether oxygens (including phenoxy) is 3. The molecule has 1 spiro atoms. The molecular weight excluding hydrogens is 608 g/mol. The van der Waals surface area contributed by atoms with Gasteiger partial charge in [0.1, 0.15) is 6.10 Å². The smallest absolute Gasteiger partial charge is 0.223 e. The van der Waals surface area contributed by atoms with Crippen LogP contribution in [-0.2, 0) is 19.0 Å². The number of hydrogen-bond donors (Lipinski definition) is 4. The zero-order valence-electron chi connectivity index (χ0n) is 30.9. The molecule has 1 amide bonds. The molecule has 0 aromatic heterocycles. The predicted molar refractivity (Wildman–Crippen MR) is 183 cm³/mol. The Hall–Kier alpha value is -0.810. The van der Waals surface area contributed by atoms with E-state index >= 15 is 0 Å². The van der Waals surface area contributed by atoms with Gasteiger partial charge in [0.15, 0.2) is 6.29 Å². The van der Waals surface area contributed by atoms with Gasteiger partial charge in [-0.25, -0.2) is 0 Å². The summed E-state index contributed by atoms with van der Waals surface area (Å²) in [6, 6.07) is 0. The predicted octanol–water partition coefficient (Wildman–Crippen LogP) is 4.50. The van der Waals surface area contributed by atoms with Gasteiger partial charge in [-0.2, -0.15) is 0 Å². The first-order chi connectivity index (χ1) is 22.5. The standard InChI is InChI=1S/C39H66N2O7/c1-23-17-26(33(43)36(4,5)45)47-32-31(23)37(6)12-8-13-39-14-11-28(35(2,3)27(39)10-9-25(19-39)38(37,7)34(32)44)48-30-22-41(15-16-46-30)29(42)18-24-20-40-21-24/h23-28,30-34,40,43-45H,8-22H2,1-7H3. The van der Waals surface area contributed by atoms with E-state index in [0.717, 1.165) is 58.0 Å². The molecular formula is C39H66N2O7. The van der Waals surface area contributed by atoms with E-state index in [4.69, 9.17) is 14.2 Å². The van der Waals surface area contributed by atoms with Crippen LogP contribution >= 0.6 is 0 Å². The lowest BCUT2D eigenvalue weighted by Crippen LogP contribution is -2.60. The van der Waals surface area contributed by atoms with Crippen molar-refractivity contribution < 1.29 is 34.3 Å². The van der Waals surface area contributed by atoms with Crippen LogP contribution in [0.1, 0.15) is 113 Å². The third-order valence-electron chi connectivity index (χ3n) is 16.0. The fourth-order valence-corrected chi connectivity index (χ4v) is 13.1. The third-order valence-corrected chi connectivity index (χ3v) is 16.0. The number of carbonyl (C=O) groups is 1. The van der Waals surface area contributed by atoms with E-state index in [1.165, 1.54) is 6.42 Å². The van der Waals surface area contributed by atoms with E-state index in [-0.39, 0.29) is 57.9 Å². The molecule has 0 radical (unpaired) electrons. The van der Waals surface area contributed by atoms with E-state index in [9.17, 15) is 20.1 Å². The van der Waals surface area contributed by atoms with Gasteiger partial charge in [-0.1, -0.05) is 41.0 Å². The molecule has 3 heterocycles. The van der Waals surface area contributed by atoms with Gasteiger partial charge in [0, 0.05) is 18.4 Å². The minimum Gasteiger partial charge on any atom is -0.390 e.